The molecule has 0 radical (unpaired) electrons. The molecule has 1 aliphatic heterocycles. The van der Waals surface area contributed by atoms with Crippen LogP contribution in [-0.4, -0.2) is 61.6 Å². The number of halogens is 3. The van der Waals surface area contributed by atoms with Crippen LogP contribution in [-0.2, 0) is 26.6 Å². The van der Waals surface area contributed by atoms with Crippen LogP contribution < -0.4 is 26.0 Å². The van der Waals surface area contributed by atoms with Crippen molar-refractivity contribution in [3.63, 3.8) is 0 Å². The van der Waals surface area contributed by atoms with Crippen LogP contribution >= 0.6 is 0 Å². The molecule has 15 heteroatoms. The van der Waals surface area contributed by atoms with Crippen LogP contribution in [0.3, 0.4) is 0 Å². The average Bonchev–Trinajstić information content (AvgIpc) is 3.31. The van der Waals surface area contributed by atoms with Gasteiger partial charge in [-0.15, -0.1) is 0 Å². The van der Waals surface area contributed by atoms with Gasteiger partial charge in [-0.05, 0) is 56.0 Å². The monoisotopic (exact) mass is 627 g/mol. The number of hydrogen-bond acceptors (Lipinski definition) is 8. The molecule has 238 valence electrons. The molecule has 12 nitrogen and oxygen atoms in total. The van der Waals surface area contributed by atoms with Crippen molar-refractivity contribution in [1.82, 2.24) is 29.4 Å². The first-order chi connectivity index (χ1) is 21.3. The van der Waals surface area contributed by atoms with Crippen LogP contribution in [0.25, 0.3) is 11.3 Å². The maximum absolute atomic E-state index is 14.0. The van der Waals surface area contributed by atoms with E-state index < -0.39 is 30.3 Å². The van der Waals surface area contributed by atoms with E-state index in [4.69, 9.17) is 14.5 Å². The van der Waals surface area contributed by atoms with Gasteiger partial charge in [0.05, 0.1) is 18.5 Å². The number of rotatable bonds is 8. The largest absolute Gasteiger partial charge is 0.493 e. The van der Waals surface area contributed by atoms with Crippen molar-refractivity contribution in [3.05, 3.63) is 74.3 Å². The number of fused-ring (bicyclic) bond motifs is 3. The van der Waals surface area contributed by atoms with Crippen molar-refractivity contribution < 1.29 is 32.5 Å². The van der Waals surface area contributed by atoms with Gasteiger partial charge < -0.3 is 19.9 Å². The van der Waals surface area contributed by atoms with Gasteiger partial charge in [-0.2, -0.15) is 13.2 Å². The van der Waals surface area contributed by atoms with Crippen molar-refractivity contribution in [2.24, 2.45) is 12.0 Å². The van der Waals surface area contributed by atoms with Gasteiger partial charge >= 0.3 is 11.9 Å². The molecule has 4 aromatic rings. The molecule has 0 spiro atoms. The van der Waals surface area contributed by atoms with E-state index in [0.29, 0.717) is 34.4 Å². The van der Waals surface area contributed by atoms with E-state index in [2.05, 4.69) is 15.6 Å². The number of aryl methyl sites for hydroxylation is 5. The number of methoxy groups -OCH3 is 1. The predicted octanol–water partition coefficient (Wildman–Crippen LogP) is 3.24. The van der Waals surface area contributed by atoms with Crippen LogP contribution in [0.4, 0.5) is 18.9 Å². The molecule has 2 aromatic carbocycles. The van der Waals surface area contributed by atoms with Crippen LogP contribution in [0.5, 0.6) is 17.4 Å². The number of hydrogen-bond donors (Lipinski definition) is 2. The topological polar surface area (TPSA) is 138 Å². The maximum Gasteiger partial charge on any atom is 0.422 e. The number of benzene rings is 2. The fourth-order valence-electron chi connectivity index (χ4n) is 5.50. The van der Waals surface area contributed by atoms with E-state index >= 15 is 0 Å². The summed E-state index contributed by atoms with van der Waals surface area (Å²) in [6.45, 7) is 4.66. The minimum Gasteiger partial charge on any atom is -0.493 e. The van der Waals surface area contributed by atoms with Gasteiger partial charge in [0.25, 0.3) is 11.8 Å². The minimum absolute atomic E-state index is 0.0153. The first kappa shape index (κ1) is 31.3. The lowest BCUT2D eigenvalue weighted by molar-refractivity contribution is -0.153. The third-order valence-corrected chi connectivity index (χ3v) is 7.46. The van der Waals surface area contributed by atoms with Gasteiger partial charge in [0.1, 0.15) is 5.49 Å². The van der Waals surface area contributed by atoms with Crippen molar-refractivity contribution in [3.8, 4) is 28.6 Å². The molecule has 0 saturated heterocycles. The Bertz CT molecular complexity index is 1880. The lowest BCUT2D eigenvalue weighted by Gasteiger charge is -2.25. The zero-order valence-corrected chi connectivity index (χ0v) is 25.3. The molecule has 0 aliphatic carbocycles. The Balaban J connectivity index is 1.61. The standard InChI is InChI=1S/C30H32F3N7O5/c1-16-10-17(2)25(18(3)11-16)35-24-14-21-20-13-22(44-5)23(45-15-30(31,32)33)12-19(20)6-8-39(21)29(43)40(24)9-7-34-27(41)26-28(42)36-37-38(26)4/h10-14,42H,6-9,15H2,1-5H3,(H,34,41)/b35-24+. The molecule has 1 aliphatic rings. The Morgan fingerprint density at radius 1 is 1.11 bits per heavy atom. The highest BCUT2D eigenvalue weighted by molar-refractivity contribution is 5.94. The summed E-state index contributed by atoms with van der Waals surface area (Å²) in [5, 5.41) is 19.7. The fraction of sp³-hybridized carbons (Fsp3) is 0.367. The Labute approximate surface area is 255 Å². The average molecular weight is 628 g/mol. The molecule has 0 unspecified atom stereocenters. The number of nitrogens with zero attached hydrogens (tertiary/aromatic N) is 6. The number of nitrogens with one attached hydrogen (secondary N) is 1. The lowest BCUT2D eigenvalue weighted by Crippen LogP contribution is -2.44. The number of aromatic nitrogens is 5. The molecule has 0 atom stereocenters. The number of aromatic hydroxyl groups is 1. The third-order valence-electron chi connectivity index (χ3n) is 7.46. The Kier molecular flexibility index (Phi) is 8.45. The Morgan fingerprint density at radius 2 is 1.82 bits per heavy atom. The SMILES string of the molecule is COc1cc2c(cc1OCC(F)(F)F)CCn1c-2c/c(=N\c2c(C)cc(C)cc2C)n(CCNC(=O)c2c(O)nnn2C)c1=O. The van der Waals surface area contributed by atoms with Gasteiger partial charge in [0, 0.05) is 38.3 Å². The highest BCUT2D eigenvalue weighted by Gasteiger charge is 2.30. The third kappa shape index (κ3) is 6.42. The second-order valence-electron chi connectivity index (χ2n) is 10.8. The smallest absolute Gasteiger partial charge is 0.422 e. The molecule has 2 aromatic heterocycles. The molecule has 1 amide bonds. The molecular formula is C30H32F3N7O5. The molecule has 45 heavy (non-hydrogen) atoms. The lowest BCUT2D eigenvalue weighted by atomic mass is 9.97. The van der Waals surface area contributed by atoms with E-state index in [1.165, 1.54) is 24.8 Å². The molecule has 2 N–H and O–H groups in total. The van der Waals surface area contributed by atoms with Gasteiger partial charge in [-0.3, -0.25) is 13.9 Å². The molecule has 5 rings (SSSR count). The number of ether oxygens (including phenoxy) is 2. The minimum atomic E-state index is -4.52. The number of amides is 1. The normalized spacial score (nSPS) is 12.9. The van der Waals surface area contributed by atoms with Crippen molar-refractivity contribution in [1.29, 1.82) is 0 Å². The number of alkyl halides is 3. The molecular weight excluding hydrogens is 595 g/mol. The van der Waals surface area contributed by atoms with Gasteiger partial charge in [0.15, 0.2) is 23.8 Å². The number of carbonyl (C=O) groups is 1. The Hall–Kier alpha value is -5.08. The number of carbonyl (C=O) groups excluding carboxylic acids is 1. The quantitative estimate of drug-likeness (QED) is 0.306. The fourth-order valence-corrected chi connectivity index (χ4v) is 5.50. The Morgan fingerprint density at radius 3 is 2.44 bits per heavy atom. The summed E-state index contributed by atoms with van der Waals surface area (Å²) in [7, 11) is 2.80. The van der Waals surface area contributed by atoms with Gasteiger partial charge in [-0.25, -0.2) is 14.5 Å². The zero-order valence-electron chi connectivity index (χ0n) is 25.3. The summed E-state index contributed by atoms with van der Waals surface area (Å²) in [4.78, 5) is 31.6. The van der Waals surface area contributed by atoms with E-state index in [9.17, 15) is 27.9 Å². The summed E-state index contributed by atoms with van der Waals surface area (Å²) in [6.07, 6.45) is -4.17. The first-order valence-electron chi connectivity index (χ1n) is 14.0. The summed E-state index contributed by atoms with van der Waals surface area (Å²) < 4.78 is 53.2. The maximum atomic E-state index is 14.0. The van der Waals surface area contributed by atoms with E-state index in [-0.39, 0.29) is 36.8 Å². The molecule has 3 heterocycles. The van der Waals surface area contributed by atoms with Gasteiger partial charge in [0.2, 0.25) is 0 Å². The molecule has 0 fully saturated rings. The van der Waals surface area contributed by atoms with Crippen LogP contribution in [0.15, 0.2) is 40.1 Å². The van der Waals surface area contributed by atoms with E-state index in [1.54, 1.807) is 16.7 Å². The highest BCUT2D eigenvalue weighted by Crippen LogP contribution is 2.38. The summed E-state index contributed by atoms with van der Waals surface area (Å²) in [6, 6.07) is 8.79. The predicted molar refractivity (Wildman–Crippen MR) is 157 cm³/mol. The van der Waals surface area contributed by atoms with Crippen molar-refractivity contribution >= 4 is 11.6 Å². The van der Waals surface area contributed by atoms with Crippen molar-refractivity contribution in [2.75, 3.05) is 20.3 Å². The summed E-state index contributed by atoms with van der Waals surface area (Å²) >= 11 is 0. The van der Waals surface area contributed by atoms with Gasteiger partial charge in [-0.1, -0.05) is 28.0 Å². The second-order valence-corrected chi connectivity index (χ2v) is 10.8. The molecule has 0 saturated carbocycles. The molecule has 0 bridgehead atoms. The van der Waals surface area contributed by atoms with Crippen LogP contribution in [0, 0.1) is 20.8 Å². The van der Waals surface area contributed by atoms with Crippen LogP contribution in [0.2, 0.25) is 0 Å². The summed E-state index contributed by atoms with van der Waals surface area (Å²) in [5.41, 5.74) is 5.13. The highest BCUT2D eigenvalue weighted by atomic mass is 19.4. The van der Waals surface area contributed by atoms with Crippen molar-refractivity contribution in [2.45, 2.75) is 46.5 Å². The first-order valence-corrected chi connectivity index (χ1v) is 14.0. The second kappa shape index (κ2) is 12.1. The van der Waals surface area contributed by atoms with E-state index in [1.807, 2.05) is 32.9 Å². The zero-order chi connectivity index (χ0) is 32.6. The summed E-state index contributed by atoms with van der Waals surface area (Å²) in [5.74, 6) is -1.09. The van der Waals surface area contributed by atoms with E-state index in [0.717, 1.165) is 21.4 Å². The van der Waals surface area contributed by atoms with Crippen LogP contribution in [0.1, 0.15) is 32.7 Å².